The van der Waals surface area contributed by atoms with Gasteiger partial charge in [0, 0.05) is 11.1 Å². The zero-order valence-corrected chi connectivity index (χ0v) is 18.0. The molecular weight excluding hydrogens is 409 g/mol. The van der Waals surface area contributed by atoms with E-state index >= 15 is 0 Å². The number of hydrogen-bond donors (Lipinski definition) is 2. The minimum absolute atomic E-state index is 0.00322. The number of halogens is 1. The number of rotatable bonds is 7. The Kier molecular flexibility index (Phi) is 6.95. The van der Waals surface area contributed by atoms with Crippen LogP contribution < -0.4 is 4.72 Å². The summed E-state index contributed by atoms with van der Waals surface area (Å²) >= 11 is 0. The van der Waals surface area contributed by atoms with Crippen LogP contribution in [0.2, 0.25) is 0 Å². The van der Waals surface area contributed by atoms with Gasteiger partial charge in [0.25, 0.3) is 0 Å². The van der Waals surface area contributed by atoms with E-state index in [9.17, 15) is 27.5 Å². The van der Waals surface area contributed by atoms with Crippen LogP contribution in [0.5, 0.6) is 0 Å². The lowest BCUT2D eigenvalue weighted by Crippen LogP contribution is -2.40. The molecule has 2 aromatic carbocycles. The van der Waals surface area contributed by atoms with E-state index in [0.29, 0.717) is 5.56 Å². The number of ketones is 1. The van der Waals surface area contributed by atoms with Crippen molar-refractivity contribution in [3.05, 3.63) is 71.0 Å². The Hall–Kier alpha value is -2.84. The summed E-state index contributed by atoms with van der Waals surface area (Å²) in [6.45, 7) is 6.15. The molecule has 0 aromatic heterocycles. The van der Waals surface area contributed by atoms with Gasteiger partial charge in [0.2, 0.25) is 10.0 Å². The Bertz CT molecular complexity index is 1100. The lowest BCUT2D eigenvalue weighted by molar-refractivity contribution is -0.136. The number of carboxylic acids is 1. The molecule has 0 unspecified atom stereocenters. The van der Waals surface area contributed by atoms with Gasteiger partial charge in [-0.25, -0.2) is 17.5 Å². The minimum Gasteiger partial charge on any atom is -0.481 e. The molecule has 8 heteroatoms. The van der Waals surface area contributed by atoms with Crippen LogP contribution in [0.4, 0.5) is 4.39 Å². The Balaban J connectivity index is 2.71. The molecule has 0 saturated carbocycles. The van der Waals surface area contributed by atoms with E-state index in [2.05, 4.69) is 4.72 Å². The molecule has 2 rings (SSSR count). The number of aliphatic carboxylic acids is 1. The second kappa shape index (κ2) is 8.89. The fourth-order valence-electron chi connectivity index (χ4n) is 2.99. The molecule has 0 saturated heterocycles. The van der Waals surface area contributed by atoms with Gasteiger partial charge in [0.05, 0.1) is 6.42 Å². The maximum atomic E-state index is 14.9. The highest BCUT2D eigenvalue weighted by atomic mass is 32.2. The van der Waals surface area contributed by atoms with Crippen LogP contribution in [0, 0.1) is 5.82 Å². The number of nitrogens with one attached hydrogen (secondary N) is 1. The number of carbonyl (C=O) groups is 2. The molecule has 0 amide bonds. The smallest absolute Gasteiger partial charge is 0.307 e. The molecule has 0 bridgehead atoms. The van der Waals surface area contributed by atoms with Gasteiger partial charge in [-0.15, -0.1) is 0 Å². The summed E-state index contributed by atoms with van der Waals surface area (Å²) < 4.78 is 42.3. The van der Waals surface area contributed by atoms with E-state index in [1.165, 1.54) is 13.0 Å². The Morgan fingerprint density at radius 1 is 1.03 bits per heavy atom. The topological polar surface area (TPSA) is 101 Å². The normalized spacial score (nSPS) is 13.0. The number of benzene rings is 2. The summed E-state index contributed by atoms with van der Waals surface area (Å²) in [5.41, 5.74) is 0.169. The largest absolute Gasteiger partial charge is 0.481 e. The molecule has 0 fully saturated rings. The summed E-state index contributed by atoms with van der Waals surface area (Å²) in [4.78, 5) is 23.0. The molecule has 160 valence electrons. The highest BCUT2D eigenvalue weighted by molar-refractivity contribution is 7.89. The zero-order valence-electron chi connectivity index (χ0n) is 17.2. The van der Waals surface area contributed by atoms with Gasteiger partial charge >= 0.3 is 5.97 Å². The Labute approximate surface area is 175 Å². The van der Waals surface area contributed by atoms with E-state index in [4.69, 9.17) is 0 Å². The number of hydrogen-bond acceptors (Lipinski definition) is 4. The van der Waals surface area contributed by atoms with Crippen LogP contribution in [0.1, 0.15) is 45.2 Å². The van der Waals surface area contributed by atoms with Crippen LogP contribution in [0.25, 0.3) is 5.57 Å². The van der Waals surface area contributed by atoms with Gasteiger partial charge in [-0.3, -0.25) is 9.59 Å². The molecule has 0 spiro atoms. The quantitative estimate of drug-likeness (QED) is 0.648. The molecule has 0 aliphatic heterocycles. The van der Waals surface area contributed by atoms with Crippen LogP contribution in [0.3, 0.4) is 0 Å². The van der Waals surface area contributed by atoms with Crippen molar-refractivity contribution in [1.29, 1.82) is 0 Å². The van der Waals surface area contributed by atoms with E-state index in [1.807, 2.05) is 0 Å². The standard InChI is InChI=1S/C22H24FNO5S/c1-14(25)17(13-20(26)27)21(15-8-6-5-7-9-15)16-10-11-19(18(23)12-16)30(28,29)24-22(2,3)4/h5-12,24H,13H2,1-4H3,(H,26,27)/b21-17+. The fraction of sp³-hybridized carbons (Fsp3) is 0.273. The average molecular weight is 434 g/mol. The molecule has 2 aromatic rings. The first-order valence-electron chi connectivity index (χ1n) is 9.17. The van der Waals surface area contributed by atoms with Crippen molar-refractivity contribution in [2.75, 3.05) is 0 Å². The van der Waals surface area contributed by atoms with Crippen molar-refractivity contribution in [3.8, 4) is 0 Å². The lowest BCUT2D eigenvalue weighted by atomic mass is 9.90. The Morgan fingerprint density at radius 3 is 2.10 bits per heavy atom. The molecular formula is C22H24FNO5S. The van der Waals surface area contributed by atoms with Gasteiger partial charge < -0.3 is 5.11 Å². The van der Waals surface area contributed by atoms with Crippen molar-refractivity contribution in [2.45, 2.75) is 44.6 Å². The maximum absolute atomic E-state index is 14.9. The van der Waals surface area contributed by atoms with E-state index in [-0.39, 0.29) is 16.7 Å². The van der Waals surface area contributed by atoms with E-state index in [0.717, 1.165) is 12.1 Å². The van der Waals surface area contributed by atoms with Crippen molar-refractivity contribution < 1.29 is 27.5 Å². The second-order valence-electron chi connectivity index (χ2n) is 7.85. The van der Waals surface area contributed by atoms with Crippen molar-refractivity contribution >= 4 is 27.3 Å². The van der Waals surface area contributed by atoms with Crippen molar-refractivity contribution in [1.82, 2.24) is 4.72 Å². The van der Waals surface area contributed by atoms with Gasteiger partial charge in [0.15, 0.2) is 5.78 Å². The summed E-state index contributed by atoms with van der Waals surface area (Å²) in [6.07, 6.45) is -0.549. The Morgan fingerprint density at radius 2 is 1.63 bits per heavy atom. The molecule has 30 heavy (non-hydrogen) atoms. The number of sulfonamides is 1. The third kappa shape index (κ3) is 5.84. The SMILES string of the molecule is CC(=O)/C(CC(=O)O)=C(\c1ccccc1)c1ccc(S(=O)(=O)NC(C)(C)C)c(F)c1. The molecule has 6 nitrogen and oxygen atoms in total. The molecule has 2 N–H and O–H groups in total. The molecule has 0 heterocycles. The number of carboxylic acid groups (broad SMARTS) is 1. The summed E-state index contributed by atoms with van der Waals surface area (Å²) in [5, 5.41) is 9.24. The second-order valence-corrected chi connectivity index (χ2v) is 9.50. The third-order valence-corrected chi connectivity index (χ3v) is 5.86. The molecule has 0 aliphatic rings. The van der Waals surface area contributed by atoms with Gasteiger partial charge in [-0.2, -0.15) is 0 Å². The van der Waals surface area contributed by atoms with Crippen LogP contribution in [-0.2, 0) is 19.6 Å². The summed E-state index contributed by atoms with van der Waals surface area (Å²) in [7, 11) is -4.11. The van der Waals surface area contributed by atoms with E-state index in [1.54, 1.807) is 51.1 Å². The predicted octanol–water partition coefficient (Wildman–Crippen LogP) is 3.77. The first-order valence-corrected chi connectivity index (χ1v) is 10.7. The zero-order chi connectivity index (χ0) is 22.7. The first-order chi connectivity index (χ1) is 13.8. The van der Waals surface area contributed by atoms with Gasteiger partial charge in [-0.1, -0.05) is 36.4 Å². The van der Waals surface area contributed by atoms with Crippen molar-refractivity contribution in [2.24, 2.45) is 0 Å². The maximum Gasteiger partial charge on any atom is 0.307 e. The number of Topliss-reactive ketones (excluding diaryl/α,β-unsaturated/α-hetero) is 1. The molecule has 0 radical (unpaired) electrons. The summed E-state index contributed by atoms with van der Waals surface area (Å²) in [6, 6.07) is 12.0. The lowest BCUT2D eigenvalue weighted by Gasteiger charge is -2.21. The number of carbonyl (C=O) groups excluding carboxylic acids is 1. The van der Waals surface area contributed by atoms with Crippen molar-refractivity contribution in [3.63, 3.8) is 0 Å². The highest BCUT2D eigenvalue weighted by Crippen LogP contribution is 2.31. The highest BCUT2D eigenvalue weighted by Gasteiger charge is 2.26. The predicted molar refractivity (Wildman–Crippen MR) is 112 cm³/mol. The average Bonchev–Trinajstić information content (AvgIpc) is 2.59. The van der Waals surface area contributed by atoms with Gasteiger partial charge in [-0.05, 0) is 56.5 Å². The third-order valence-electron chi connectivity index (χ3n) is 4.07. The van der Waals surface area contributed by atoms with Crippen LogP contribution in [-0.4, -0.2) is 30.8 Å². The first kappa shape index (κ1) is 23.4. The monoisotopic (exact) mass is 433 g/mol. The fourth-order valence-corrected chi connectivity index (χ4v) is 4.47. The summed E-state index contributed by atoms with van der Waals surface area (Å²) in [5.74, 6) is -2.68. The van der Waals surface area contributed by atoms with Crippen LogP contribution in [0.15, 0.2) is 59.0 Å². The van der Waals surface area contributed by atoms with Crippen LogP contribution >= 0.6 is 0 Å². The minimum atomic E-state index is -4.11. The molecule has 0 atom stereocenters. The molecule has 0 aliphatic carbocycles. The van der Waals surface area contributed by atoms with Gasteiger partial charge in [0.1, 0.15) is 10.7 Å². The van der Waals surface area contributed by atoms with E-state index < -0.39 is 44.4 Å².